The van der Waals surface area contributed by atoms with E-state index in [0.717, 1.165) is 0 Å². The molecule has 16 heavy (non-hydrogen) atoms. The highest BCUT2D eigenvalue weighted by molar-refractivity contribution is 5.69. The Kier molecular flexibility index (Phi) is 3.79. The predicted octanol–water partition coefficient (Wildman–Crippen LogP) is 4.26. The standard InChI is InChI=1S/C15H23N/c1-7-8-13-10-9-12(2)11-14(13)16(6)15(3,4)5/h7-11H,1-6H3/b8-7+. The van der Waals surface area contributed by atoms with Crippen molar-refractivity contribution in [2.75, 3.05) is 11.9 Å². The SMILES string of the molecule is C/C=C/c1ccc(C)cc1N(C)C(C)(C)C. The second kappa shape index (κ2) is 4.73. The van der Waals surface area contributed by atoms with E-state index in [-0.39, 0.29) is 5.54 Å². The summed E-state index contributed by atoms with van der Waals surface area (Å²) >= 11 is 0. The molecule has 0 N–H and O–H groups in total. The largest absolute Gasteiger partial charge is 0.369 e. The van der Waals surface area contributed by atoms with Crippen molar-refractivity contribution in [1.82, 2.24) is 0 Å². The molecule has 1 heteroatoms. The molecule has 1 rings (SSSR count). The molecule has 0 amide bonds. The van der Waals surface area contributed by atoms with Crippen molar-refractivity contribution in [2.24, 2.45) is 0 Å². The van der Waals surface area contributed by atoms with E-state index in [4.69, 9.17) is 0 Å². The van der Waals surface area contributed by atoms with Gasteiger partial charge in [0.25, 0.3) is 0 Å². The molecule has 0 saturated carbocycles. The fourth-order valence-corrected chi connectivity index (χ4v) is 1.63. The highest BCUT2D eigenvalue weighted by Crippen LogP contribution is 2.27. The first-order valence-corrected chi connectivity index (χ1v) is 5.83. The van der Waals surface area contributed by atoms with Crippen LogP contribution in [0.3, 0.4) is 0 Å². The van der Waals surface area contributed by atoms with Crippen LogP contribution in [-0.2, 0) is 0 Å². The number of anilines is 1. The van der Waals surface area contributed by atoms with Crippen LogP contribution in [0.4, 0.5) is 5.69 Å². The van der Waals surface area contributed by atoms with Gasteiger partial charge in [-0.3, -0.25) is 0 Å². The fourth-order valence-electron chi connectivity index (χ4n) is 1.63. The van der Waals surface area contributed by atoms with Crippen LogP contribution in [0.25, 0.3) is 6.08 Å². The molecule has 1 aromatic carbocycles. The van der Waals surface area contributed by atoms with Crippen LogP contribution in [0.15, 0.2) is 24.3 Å². The lowest BCUT2D eigenvalue weighted by molar-refractivity contribution is 0.538. The van der Waals surface area contributed by atoms with Crippen LogP contribution in [0, 0.1) is 6.92 Å². The second-order valence-corrected chi connectivity index (χ2v) is 5.29. The third-order valence-electron chi connectivity index (χ3n) is 2.90. The minimum Gasteiger partial charge on any atom is -0.369 e. The van der Waals surface area contributed by atoms with E-state index in [1.807, 2.05) is 0 Å². The van der Waals surface area contributed by atoms with E-state index >= 15 is 0 Å². The number of rotatable bonds is 2. The summed E-state index contributed by atoms with van der Waals surface area (Å²) in [7, 11) is 2.15. The Balaban J connectivity index is 3.24. The molecule has 0 bridgehead atoms. The average Bonchev–Trinajstić information content (AvgIpc) is 2.18. The molecule has 0 saturated heterocycles. The summed E-state index contributed by atoms with van der Waals surface area (Å²) in [6.07, 6.45) is 4.25. The van der Waals surface area contributed by atoms with Crippen molar-refractivity contribution in [3.8, 4) is 0 Å². The summed E-state index contributed by atoms with van der Waals surface area (Å²) < 4.78 is 0. The van der Waals surface area contributed by atoms with Gasteiger partial charge in [-0.05, 0) is 51.8 Å². The highest BCUT2D eigenvalue weighted by atomic mass is 15.2. The zero-order valence-electron chi connectivity index (χ0n) is 11.3. The van der Waals surface area contributed by atoms with Crippen molar-refractivity contribution in [2.45, 2.75) is 40.2 Å². The first-order chi connectivity index (χ1) is 7.36. The van der Waals surface area contributed by atoms with Crippen LogP contribution >= 0.6 is 0 Å². The van der Waals surface area contributed by atoms with Gasteiger partial charge in [0.2, 0.25) is 0 Å². The predicted molar refractivity (Wildman–Crippen MR) is 74.0 cm³/mol. The zero-order valence-corrected chi connectivity index (χ0v) is 11.3. The van der Waals surface area contributed by atoms with Gasteiger partial charge in [-0.2, -0.15) is 0 Å². The summed E-state index contributed by atoms with van der Waals surface area (Å²) in [5, 5.41) is 0. The summed E-state index contributed by atoms with van der Waals surface area (Å²) in [4.78, 5) is 2.33. The first-order valence-electron chi connectivity index (χ1n) is 5.83. The first kappa shape index (κ1) is 12.8. The molecular formula is C15H23N. The summed E-state index contributed by atoms with van der Waals surface area (Å²) in [5.41, 5.74) is 4.03. The van der Waals surface area contributed by atoms with Crippen LogP contribution in [0.2, 0.25) is 0 Å². The van der Waals surface area contributed by atoms with Crippen molar-refractivity contribution < 1.29 is 0 Å². The Morgan fingerprint density at radius 1 is 1.19 bits per heavy atom. The van der Waals surface area contributed by atoms with Crippen LogP contribution in [-0.4, -0.2) is 12.6 Å². The number of aryl methyl sites for hydroxylation is 1. The average molecular weight is 217 g/mol. The normalized spacial score (nSPS) is 12.1. The zero-order chi connectivity index (χ0) is 12.3. The molecule has 0 aliphatic carbocycles. The summed E-state index contributed by atoms with van der Waals surface area (Å²) in [5.74, 6) is 0. The quantitative estimate of drug-likeness (QED) is 0.715. The Morgan fingerprint density at radius 2 is 1.81 bits per heavy atom. The van der Waals surface area contributed by atoms with E-state index in [1.165, 1.54) is 16.8 Å². The van der Waals surface area contributed by atoms with Gasteiger partial charge in [0.1, 0.15) is 0 Å². The second-order valence-electron chi connectivity index (χ2n) is 5.29. The van der Waals surface area contributed by atoms with E-state index in [2.05, 4.69) is 76.9 Å². The Morgan fingerprint density at radius 3 is 2.31 bits per heavy atom. The van der Waals surface area contributed by atoms with Crippen LogP contribution < -0.4 is 4.90 Å². The van der Waals surface area contributed by atoms with Gasteiger partial charge in [0.05, 0.1) is 0 Å². The minimum atomic E-state index is 0.143. The molecule has 0 aliphatic rings. The Labute approximate surface area is 99.8 Å². The van der Waals surface area contributed by atoms with Gasteiger partial charge < -0.3 is 4.90 Å². The smallest absolute Gasteiger partial charge is 0.0444 e. The lowest BCUT2D eigenvalue weighted by Crippen LogP contribution is -2.38. The van der Waals surface area contributed by atoms with Gasteiger partial charge in [-0.1, -0.05) is 24.3 Å². The molecule has 0 radical (unpaired) electrons. The maximum Gasteiger partial charge on any atom is 0.0444 e. The molecule has 0 atom stereocenters. The lowest BCUT2D eigenvalue weighted by atomic mass is 10.0. The number of hydrogen-bond acceptors (Lipinski definition) is 1. The van der Waals surface area contributed by atoms with Gasteiger partial charge in [0, 0.05) is 18.3 Å². The van der Waals surface area contributed by atoms with Crippen molar-refractivity contribution >= 4 is 11.8 Å². The lowest BCUT2D eigenvalue weighted by Gasteiger charge is -2.35. The molecule has 1 aromatic rings. The summed E-state index contributed by atoms with van der Waals surface area (Å²) in [6, 6.07) is 6.60. The molecule has 88 valence electrons. The Bertz CT molecular complexity index is 383. The molecule has 0 aromatic heterocycles. The van der Waals surface area contributed by atoms with Crippen molar-refractivity contribution in [1.29, 1.82) is 0 Å². The molecule has 0 unspecified atom stereocenters. The Hall–Kier alpha value is -1.24. The third-order valence-corrected chi connectivity index (χ3v) is 2.90. The third kappa shape index (κ3) is 2.88. The maximum atomic E-state index is 2.33. The van der Waals surface area contributed by atoms with Gasteiger partial charge in [-0.25, -0.2) is 0 Å². The summed E-state index contributed by atoms with van der Waals surface area (Å²) in [6.45, 7) is 10.9. The van der Waals surface area contributed by atoms with Crippen molar-refractivity contribution in [3.63, 3.8) is 0 Å². The van der Waals surface area contributed by atoms with Gasteiger partial charge in [0.15, 0.2) is 0 Å². The van der Waals surface area contributed by atoms with E-state index < -0.39 is 0 Å². The fraction of sp³-hybridized carbons (Fsp3) is 0.467. The monoisotopic (exact) mass is 217 g/mol. The molecule has 0 heterocycles. The minimum absolute atomic E-state index is 0.143. The number of hydrogen-bond donors (Lipinski definition) is 0. The highest BCUT2D eigenvalue weighted by Gasteiger charge is 2.19. The molecule has 1 nitrogen and oxygen atoms in total. The van der Waals surface area contributed by atoms with Crippen LogP contribution in [0.1, 0.15) is 38.8 Å². The molecule has 0 fully saturated rings. The van der Waals surface area contributed by atoms with Crippen LogP contribution in [0.5, 0.6) is 0 Å². The van der Waals surface area contributed by atoms with E-state index in [0.29, 0.717) is 0 Å². The van der Waals surface area contributed by atoms with Crippen molar-refractivity contribution in [3.05, 3.63) is 35.4 Å². The molecule has 0 aliphatic heterocycles. The number of allylic oxidation sites excluding steroid dienone is 1. The molecule has 0 spiro atoms. The molecular weight excluding hydrogens is 194 g/mol. The maximum absolute atomic E-state index is 2.33. The van der Waals surface area contributed by atoms with E-state index in [1.54, 1.807) is 0 Å². The van der Waals surface area contributed by atoms with E-state index in [9.17, 15) is 0 Å². The van der Waals surface area contributed by atoms with Gasteiger partial charge in [-0.15, -0.1) is 0 Å². The van der Waals surface area contributed by atoms with Gasteiger partial charge >= 0.3 is 0 Å². The topological polar surface area (TPSA) is 3.24 Å². The number of nitrogens with zero attached hydrogens (tertiary/aromatic N) is 1. The number of benzene rings is 1.